The molecule has 0 aromatic carbocycles. The number of hydrogen-bond donors (Lipinski definition) is 2. The van der Waals surface area contributed by atoms with Gasteiger partial charge in [0.15, 0.2) is 0 Å². The third kappa shape index (κ3) is 3.20. The summed E-state index contributed by atoms with van der Waals surface area (Å²) in [5.41, 5.74) is 0. The fourth-order valence-corrected chi connectivity index (χ4v) is 2.57. The van der Waals surface area contributed by atoms with E-state index >= 15 is 0 Å². The number of nitrogens with zero attached hydrogens (tertiary/aromatic N) is 1. The first-order chi connectivity index (χ1) is 6.56. The first-order valence-electron chi connectivity index (χ1n) is 5.00. The molecule has 2 N–H and O–H groups in total. The molecule has 1 saturated heterocycles. The molecule has 1 atom stereocenters. The molecular weight excluding hydrogens is 202 g/mol. The molecule has 14 heavy (non-hydrogen) atoms. The summed E-state index contributed by atoms with van der Waals surface area (Å²) in [5, 5.41) is 3.17. The van der Waals surface area contributed by atoms with Crippen LogP contribution in [0, 0.1) is 0 Å². The molecule has 1 rings (SSSR count). The summed E-state index contributed by atoms with van der Waals surface area (Å²) in [4.78, 5) is 0. The van der Waals surface area contributed by atoms with Crippen molar-refractivity contribution in [1.29, 1.82) is 0 Å². The highest BCUT2D eigenvalue weighted by Crippen LogP contribution is 2.04. The highest BCUT2D eigenvalue weighted by molar-refractivity contribution is 7.87. The summed E-state index contributed by atoms with van der Waals surface area (Å²) >= 11 is 0. The van der Waals surface area contributed by atoms with Crippen LogP contribution in [0.2, 0.25) is 0 Å². The molecule has 84 valence electrons. The molecule has 0 bridgehead atoms. The summed E-state index contributed by atoms with van der Waals surface area (Å²) in [6, 6.07) is 0.0442. The van der Waals surface area contributed by atoms with Crippen molar-refractivity contribution in [1.82, 2.24) is 14.3 Å². The van der Waals surface area contributed by atoms with Crippen molar-refractivity contribution in [2.45, 2.75) is 25.8 Å². The van der Waals surface area contributed by atoms with Crippen LogP contribution in [0.15, 0.2) is 0 Å². The van der Waals surface area contributed by atoms with Crippen LogP contribution in [-0.2, 0) is 10.2 Å². The summed E-state index contributed by atoms with van der Waals surface area (Å²) in [5.74, 6) is 0. The lowest BCUT2D eigenvalue weighted by atomic mass is 10.1. The molecule has 0 radical (unpaired) electrons. The minimum Gasteiger partial charge on any atom is -0.315 e. The van der Waals surface area contributed by atoms with Crippen LogP contribution in [0.4, 0.5) is 0 Å². The van der Waals surface area contributed by atoms with Crippen molar-refractivity contribution >= 4 is 10.2 Å². The summed E-state index contributed by atoms with van der Waals surface area (Å²) in [6.07, 6.45) is 1.95. The van der Waals surface area contributed by atoms with E-state index in [1.165, 1.54) is 4.31 Å². The predicted octanol–water partition coefficient (Wildman–Crippen LogP) is -0.475. The topological polar surface area (TPSA) is 61.4 Å². The first kappa shape index (κ1) is 11.9. The zero-order valence-electron chi connectivity index (χ0n) is 8.78. The lowest BCUT2D eigenvalue weighted by Crippen LogP contribution is -2.49. The predicted molar refractivity (Wildman–Crippen MR) is 56.3 cm³/mol. The number of hydrogen-bond acceptors (Lipinski definition) is 3. The first-order valence-corrected chi connectivity index (χ1v) is 6.44. The average Bonchev–Trinajstić information content (AvgIpc) is 2.17. The highest BCUT2D eigenvalue weighted by atomic mass is 32.2. The number of piperidine rings is 1. The zero-order chi connectivity index (χ0) is 10.6. The van der Waals surface area contributed by atoms with Crippen molar-refractivity contribution in [3.8, 4) is 0 Å². The van der Waals surface area contributed by atoms with E-state index in [2.05, 4.69) is 10.0 Å². The fourth-order valence-electron chi connectivity index (χ4n) is 1.42. The summed E-state index contributed by atoms with van der Waals surface area (Å²) < 4.78 is 27.2. The van der Waals surface area contributed by atoms with Crippen molar-refractivity contribution in [2.75, 3.05) is 26.7 Å². The van der Waals surface area contributed by atoms with E-state index in [1.54, 1.807) is 7.05 Å². The Kier molecular flexibility index (Phi) is 4.31. The summed E-state index contributed by atoms with van der Waals surface area (Å²) in [7, 11) is -1.68. The second-order valence-electron chi connectivity index (χ2n) is 3.58. The van der Waals surface area contributed by atoms with E-state index in [4.69, 9.17) is 0 Å². The van der Waals surface area contributed by atoms with Gasteiger partial charge in [-0.25, -0.2) is 0 Å². The SMILES string of the molecule is CCN(C)S(=O)(=O)N[C@@H]1CCCNC1. The van der Waals surface area contributed by atoms with E-state index in [0.29, 0.717) is 6.54 Å². The van der Waals surface area contributed by atoms with Gasteiger partial charge in [-0.3, -0.25) is 0 Å². The monoisotopic (exact) mass is 221 g/mol. The third-order valence-corrected chi connectivity index (χ3v) is 4.18. The van der Waals surface area contributed by atoms with Gasteiger partial charge in [-0.05, 0) is 19.4 Å². The molecule has 1 heterocycles. The standard InChI is InChI=1S/C8H19N3O2S/c1-3-11(2)14(12,13)10-8-5-4-6-9-7-8/h8-10H,3-7H2,1-2H3/t8-/m1/s1. The van der Waals surface area contributed by atoms with E-state index in [-0.39, 0.29) is 6.04 Å². The molecule has 0 amide bonds. The molecule has 6 heteroatoms. The smallest absolute Gasteiger partial charge is 0.279 e. The van der Waals surface area contributed by atoms with Gasteiger partial charge in [-0.2, -0.15) is 17.4 Å². The van der Waals surface area contributed by atoms with Gasteiger partial charge < -0.3 is 5.32 Å². The largest absolute Gasteiger partial charge is 0.315 e. The van der Waals surface area contributed by atoms with E-state index < -0.39 is 10.2 Å². The van der Waals surface area contributed by atoms with Crippen molar-refractivity contribution in [2.24, 2.45) is 0 Å². The van der Waals surface area contributed by atoms with Crippen LogP contribution in [-0.4, -0.2) is 45.4 Å². The van der Waals surface area contributed by atoms with Crippen molar-refractivity contribution in [3.05, 3.63) is 0 Å². The van der Waals surface area contributed by atoms with Gasteiger partial charge in [-0.15, -0.1) is 0 Å². The maximum atomic E-state index is 11.6. The Bertz CT molecular complexity index is 260. The van der Waals surface area contributed by atoms with Gasteiger partial charge >= 0.3 is 0 Å². The molecule has 0 saturated carbocycles. The Hall–Kier alpha value is -0.170. The Balaban J connectivity index is 2.49. The normalized spacial score (nSPS) is 24.1. The van der Waals surface area contributed by atoms with Crippen LogP contribution >= 0.6 is 0 Å². The van der Waals surface area contributed by atoms with Crippen LogP contribution in [0.3, 0.4) is 0 Å². The van der Waals surface area contributed by atoms with Gasteiger partial charge in [0.1, 0.15) is 0 Å². The fraction of sp³-hybridized carbons (Fsp3) is 1.00. The van der Waals surface area contributed by atoms with Crippen molar-refractivity contribution < 1.29 is 8.42 Å². The van der Waals surface area contributed by atoms with E-state index in [9.17, 15) is 8.42 Å². The molecule has 0 aromatic rings. The van der Waals surface area contributed by atoms with Gasteiger partial charge in [0.2, 0.25) is 0 Å². The Labute approximate surface area is 86.0 Å². The minimum absolute atomic E-state index is 0.0442. The van der Waals surface area contributed by atoms with E-state index in [0.717, 1.165) is 25.9 Å². The molecule has 0 aliphatic carbocycles. The van der Waals surface area contributed by atoms with Gasteiger partial charge in [-0.1, -0.05) is 6.92 Å². The summed E-state index contributed by atoms with van der Waals surface area (Å²) in [6.45, 7) is 4.03. The van der Waals surface area contributed by atoms with Gasteiger partial charge in [0.25, 0.3) is 10.2 Å². The van der Waals surface area contributed by atoms with Gasteiger partial charge in [0.05, 0.1) is 0 Å². The Morgan fingerprint density at radius 1 is 1.57 bits per heavy atom. The molecule has 0 spiro atoms. The van der Waals surface area contributed by atoms with Crippen LogP contribution in [0.5, 0.6) is 0 Å². The van der Waals surface area contributed by atoms with Crippen molar-refractivity contribution in [3.63, 3.8) is 0 Å². The Morgan fingerprint density at radius 3 is 2.79 bits per heavy atom. The quantitative estimate of drug-likeness (QED) is 0.674. The lowest BCUT2D eigenvalue weighted by molar-refractivity contribution is 0.407. The maximum absolute atomic E-state index is 11.6. The molecule has 1 fully saturated rings. The number of nitrogens with one attached hydrogen (secondary N) is 2. The highest BCUT2D eigenvalue weighted by Gasteiger charge is 2.22. The second-order valence-corrected chi connectivity index (χ2v) is 5.39. The number of rotatable bonds is 4. The minimum atomic E-state index is -3.27. The second kappa shape index (κ2) is 5.06. The zero-order valence-corrected chi connectivity index (χ0v) is 9.60. The molecule has 5 nitrogen and oxygen atoms in total. The van der Waals surface area contributed by atoms with E-state index in [1.807, 2.05) is 6.92 Å². The average molecular weight is 221 g/mol. The Morgan fingerprint density at radius 2 is 2.29 bits per heavy atom. The lowest BCUT2D eigenvalue weighted by Gasteiger charge is -2.25. The molecule has 1 aliphatic heterocycles. The van der Waals surface area contributed by atoms with Gasteiger partial charge in [0, 0.05) is 26.2 Å². The molecule has 1 aliphatic rings. The van der Waals surface area contributed by atoms with Crippen LogP contribution in [0.1, 0.15) is 19.8 Å². The van der Waals surface area contributed by atoms with Crippen LogP contribution < -0.4 is 10.0 Å². The van der Waals surface area contributed by atoms with Crippen LogP contribution in [0.25, 0.3) is 0 Å². The molecule has 0 unspecified atom stereocenters. The maximum Gasteiger partial charge on any atom is 0.279 e. The third-order valence-electron chi connectivity index (χ3n) is 2.47. The molecule has 0 aromatic heterocycles. The molecular formula is C8H19N3O2S.